The van der Waals surface area contributed by atoms with Crippen molar-refractivity contribution in [3.05, 3.63) is 35.3 Å². The topological polar surface area (TPSA) is 75.2 Å². The van der Waals surface area contributed by atoms with Crippen molar-refractivity contribution in [2.24, 2.45) is 0 Å². The number of hydrogen-bond donors (Lipinski definition) is 2. The van der Waals surface area contributed by atoms with E-state index < -0.39 is 5.97 Å². The van der Waals surface area contributed by atoms with Crippen LogP contribution < -0.4 is 4.74 Å². The summed E-state index contributed by atoms with van der Waals surface area (Å²) >= 11 is 0. The maximum Gasteiger partial charge on any atom is 0.309 e. The minimum atomic E-state index is -0.892. The van der Waals surface area contributed by atoms with E-state index in [-0.39, 0.29) is 6.42 Å². The molecule has 1 heterocycles. The molecule has 1 aromatic carbocycles. The van der Waals surface area contributed by atoms with Crippen molar-refractivity contribution >= 4 is 5.97 Å². The standard InChI is InChI=1S/C14H16N2O3/c1-8-4-5-12(19-3)10(6-8)14-11(7-13(17)18)15-9(2)16-14/h4-6H,7H2,1-3H3,(H,15,16)(H,17,18). The van der Waals surface area contributed by atoms with E-state index in [0.29, 0.717) is 23.0 Å². The van der Waals surface area contributed by atoms with Gasteiger partial charge in [0.1, 0.15) is 11.6 Å². The zero-order chi connectivity index (χ0) is 14.0. The fraction of sp³-hybridized carbons (Fsp3) is 0.286. The van der Waals surface area contributed by atoms with E-state index in [9.17, 15) is 4.79 Å². The van der Waals surface area contributed by atoms with Crippen LogP contribution in [0.1, 0.15) is 17.1 Å². The Morgan fingerprint density at radius 3 is 2.79 bits per heavy atom. The maximum absolute atomic E-state index is 10.9. The van der Waals surface area contributed by atoms with Gasteiger partial charge in [-0.15, -0.1) is 0 Å². The summed E-state index contributed by atoms with van der Waals surface area (Å²) in [6, 6.07) is 5.75. The van der Waals surface area contributed by atoms with E-state index in [4.69, 9.17) is 9.84 Å². The number of ether oxygens (including phenoxy) is 1. The Balaban J connectivity index is 2.57. The van der Waals surface area contributed by atoms with Gasteiger partial charge in [0.25, 0.3) is 0 Å². The number of hydrogen-bond acceptors (Lipinski definition) is 3. The molecule has 1 aromatic heterocycles. The van der Waals surface area contributed by atoms with Gasteiger partial charge in [-0.3, -0.25) is 4.79 Å². The van der Waals surface area contributed by atoms with Gasteiger partial charge in [-0.25, -0.2) is 4.98 Å². The van der Waals surface area contributed by atoms with Gasteiger partial charge in [-0.2, -0.15) is 0 Å². The van der Waals surface area contributed by atoms with Gasteiger partial charge >= 0.3 is 5.97 Å². The second kappa shape index (κ2) is 5.14. The lowest BCUT2D eigenvalue weighted by Gasteiger charge is -2.08. The highest BCUT2D eigenvalue weighted by Crippen LogP contribution is 2.32. The van der Waals surface area contributed by atoms with E-state index in [1.165, 1.54) is 0 Å². The van der Waals surface area contributed by atoms with Crippen molar-refractivity contribution < 1.29 is 14.6 Å². The van der Waals surface area contributed by atoms with Crippen LogP contribution in [0.15, 0.2) is 18.2 Å². The van der Waals surface area contributed by atoms with Crippen LogP contribution in [0.4, 0.5) is 0 Å². The molecule has 0 aliphatic carbocycles. The van der Waals surface area contributed by atoms with Gasteiger partial charge in [0.05, 0.1) is 24.9 Å². The first-order chi connectivity index (χ1) is 9.01. The summed E-state index contributed by atoms with van der Waals surface area (Å²) in [4.78, 5) is 18.3. The van der Waals surface area contributed by atoms with E-state index in [0.717, 1.165) is 11.1 Å². The molecule has 19 heavy (non-hydrogen) atoms. The lowest BCUT2D eigenvalue weighted by atomic mass is 10.0. The maximum atomic E-state index is 10.9. The van der Waals surface area contributed by atoms with Gasteiger partial charge < -0.3 is 14.8 Å². The van der Waals surface area contributed by atoms with Crippen LogP contribution in [0.5, 0.6) is 5.75 Å². The molecule has 0 saturated heterocycles. The molecule has 0 aliphatic heterocycles. The van der Waals surface area contributed by atoms with Crippen molar-refractivity contribution in [3.63, 3.8) is 0 Å². The Bertz CT molecular complexity index is 617. The Morgan fingerprint density at radius 2 is 2.16 bits per heavy atom. The molecular formula is C14H16N2O3. The van der Waals surface area contributed by atoms with E-state index in [2.05, 4.69) is 9.97 Å². The molecule has 0 saturated carbocycles. The molecule has 0 fully saturated rings. The minimum absolute atomic E-state index is 0.0900. The molecule has 0 atom stereocenters. The fourth-order valence-electron chi connectivity index (χ4n) is 2.05. The number of H-pyrrole nitrogens is 1. The van der Waals surface area contributed by atoms with Crippen molar-refractivity contribution in [2.75, 3.05) is 7.11 Å². The first kappa shape index (κ1) is 13.1. The monoisotopic (exact) mass is 260 g/mol. The number of imidazole rings is 1. The molecule has 100 valence electrons. The number of aromatic amines is 1. The van der Waals surface area contributed by atoms with Crippen LogP contribution in [0, 0.1) is 13.8 Å². The molecule has 0 unspecified atom stereocenters. The molecule has 5 nitrogen and oxygen atoms in total. The lowest BCUT2D eigenvalue weighted by molar-refractivity contribution is -0.136. The number of carboxylic acid groups (broad SMARTS) is 1. The number of aromatic nitrogens is 2. The van der Waals surface area contributed by atoms with Crippen molar-refractivity contribution in [1.82, 2.24) is 9.97 Å². The summed E-state index contributed by atoms with van der Waals surface area (Å²) in [5.41, 5.74) is 3.11. The van der Waals surface area contributed by atoms with Gasteiger partial charge in [0, 0.05) is 5.56 Å². The highest BCUT2D eigenvalue weighted by Gasteiger charge is 2.17. The Hall–Kier alpha value is -2.30. The van der Waals surface area contributed by atoms with Gasteiger partial charge in [0.15, 0.2) is 0 Å². The van der Waals surface area contributed by atoms with E-state index >= 15 is 0 Å². The van der Waals surface area contributed by atoms with Crippen LogP contribution in [-0.4, -0.2) is 28.2 Å². The molecule has 5 heteroatoms. The average Bonchev–Trinajstić information content (AvgIpc) is 2.69. The summed E-state index contributed by atoms with van der Waals surface area (Å²) < 4.78 is 5.32. The number of aryl methyl sites for hydroxylation is 2. The van der Waals surface area contributed by atoms with Gasteiger partial charge in [-0.05, 0) is 26.0 Å². The summed E-state index contributed by atoms with van der Waals surface area (Å²) in [6.07, 6.45) is -0.0900. The second-order valence-corrected chi connectivity index (χ2v) is 4.42. The van der Waals surface area contributed by atoms with E-state index in [1.54, 1.807) is 14.0 Å². The SMILES string of the molecule is COc1ccc(C)cc1-c1nc(C)[nH]c1CC(=O)O. The fourth-order valence-corrected chi connectivity index (χ4v) is 2.05. The molecule has 0 aliphatic rings. The number of rotatable bonds is 4. The first-order valence-corrected chi connectivity index (χ1v) is 5.93. The number of carboxylic acids is 1. The van der Waals surface area contributed by atoms with Crippen LogP contribution in [0.25, 0.3) is 11.3 Å². The Morgan fingerprint density at radius 1 is 1.42 bits per heavy atom. The number of aliphatic carboxylic acids is 1. The molecule has 0 spiro atoms. The number of methoxy groups -OCH3 is 1. The van der Waals surface area contributed by atoms with Crippen LogP contribution in [-0.2, 0) is 11.2 Å². The van der Waals surface area contributed by atoms with Crippen LogP contribution in [0.3, 0.4) is 0 Å². The quantitative estimate of drug-likeness (QED) is 0.884. The average molecular weight is 260 g/mol. The minimum Gasteiger partial charge on any atom is -0.496 e. The molecule has 2 aromatic rings. The normalized spacial score (nSPS) is 10.5. The summed E-state index contributed by atoms with van der Waals surface area (Å²) in [6.45, 7) is 3.77. The van der Waals surface area contributed by atoms with Crippen LogP contribution in [0.2, 0.25) is 0 Å². The molecule has 0 radical (unpaired) electrons. The molecule has 0 bridgehead atoms. The summed E-state index contributed by atoms with van der Waals surface area (Å²) in [5.74, 6) is 0.482. The molecule has 2 N–H and O–H groups in total. The third kappa shape index (κ3) is 2.76. The largest absolute Gasteiger partial charge is 0.496 e. The molecule has 2 rings (SSSR count). The van der Waals surface area contributed by atoms with Gasteiger partial charge in [-0.1, -0.05) is 11.6 Å². The van der Waals surface area contributed by atoms with Crippen molar-refractivity contribution in [1.29, 1.82) is 0 Å². The van der Waals surface area contributed by atoms with Gasteiger partial charge in [0.2, 0.25) is 0 Å². The first-order valence-electron chi connectivity index (χ1n) is 5.93. The second-order valence-electron chi connectivity index (χ2n) is 4.42. The van der Waals surface area contributed by atoms with E-state index in [1.807, 2.05) is 25.1 Å². The highest BCUT2D eigenvalue weighted by atomic mass is 16.5. The van der Waals surface area contributed by atoms with Crippen molar-refractivity contribution in [3.8, 4) is 17.0 Å². The number of nitrogens with one attached hydrogen (secondary N) is 1. The third-order valence-electron chi connectivity index (χ3n) is 2.84. The van der Waals surface area contributed by atoms with Crippen LogP contribution >= 0.6 is 0 Å². The summed E-state index contributed by atoms with van der Waals surface area (Å²) in [5, 5.41) is 8.95. The zero-order valence-corrected chi connectivity index (χ0v) is 11.2. The lowest BCUT2D eigenvalue weighted by Crippen LogP contribution is -2.02. The molecule has 0 amide bonds. The van der Waals surface area contributed by atoms with Crippen molar-refractivity contribution in [2.45, 2.75) is 20.3 Å². The number of nitrogens with zero attached hydrogens (tertiary/aromatic N) is 1. The predicted molar refractivity (Wildman–Crippen MR) is 71.4 cm³/mol. The Kier molecular flexibility index (Phi) is 3.55. The highest BCUT2D eigenvalue weighted by molar-refractivity contribution is 5.76. The summed E-state index contributed by atoms with van der Waals surface area (Å²) in [7, 11) is 1.59. The third-order valence-corrected chi connectivity index (χ3v) is 2.84. The zero-order valence-electron chi connectivity index (χ0n) is 11.2. The predicted octanol–water partition coefficient (Wildman–Crippen LogP) is 2.33. The number of benzene rings is 1. The number of carbonyl (C=O) groups is 1. The molecular weight excluding hydrogens is 244 g/mol. The Labute approximate surface area is 111 Å². The smallest absolute Gasteiger partial charge is 0.309 e.